The van der Waals surface area contributed by atoms with Crippen molar-refractivity contribution < 1.29 is 9.90 Å². The summed E-state index contributed by atoms with van der Waals surface area (Å²) in [6.45, 7) is 10.9. The summed E-state index contributed by atoms with van der Waals surface area (Å²) in [5, 5.41) is 13.3. The maximum atomic E-state index is 12.7. The van der Waals surface area contributed by atoms with Crippen LogP contribution in [0.1, 0.15) is 79.6 Å². The zero-order chi connectivity index (χ0) is 21.2. The predicted octanol–water partition coefficient (Wildman–Crippen LogP) is 5.90. The molecule has 0 aromatic rings. The number of aliphatic hydroxyl groups excluding tert-OH is 1. The van der Waals surface area contributed by atoms with Gasteiger partial charge in [0.05, 0.1) is 0 Å². The topological polar surface area (TPSA) is 49.3 Å². The molecule has 1 amide bonds. The first kappa shape index (κ1) is 21.1. The second-order valence-corrected chi connectivity index (χ2v) is 11.9. The predicted molar refractivity (Wildman–Crippen MR) is 122 cm³/mol. The van der Waals surface area contributed by atoms with E-state index >= 15 is 0 Å². The van der Waals surface area contributed by atoms with Crippen molar-refractivity contribution in [2.75, 3.05) is 0 Å². The Morgan fingerprint density at radius 3 is 2.55 bits per heavy atom. The van der Waals surface area contributed by atoms with E-state index in [2.05, 4.69) is 31.3 Å². The van der Waals surface area contributed by atoms with Gasteiger partial charge in [0.1, 0.15) is 0 Å². The molecule has 4 aliphatic carbocycles. The van der Waals surface area contributed by atoms with Crippen molar-refractivity contribution in [3.63, 3.8) is 0 Å². The van der Waals surface area contributed by atoms with Gasteiger partial charge in [-0.05, 0) is 91.3 Å². The number of hydrogen-bond donors (Lipinski definition) is 2. The third-order valence-corrected chi connectivity index (χ3v) is 9.29. The number of fused-ring (bicyclic) bond motifs is 5. The summed E-state index contributed by atoms with van der Waals surface area (Å²) in [7, 11) is 0. The van der Waals surface area contributed by atoms with Gasteiger partial charge in [-0.15, -0.1) is 0 Å². The van der Waals surface area contributed by atoms with Crippen LogP contribution in [-0.4, -0.2) is 22.1 Å². The number of hydrogen-bond acceptors (Lipinski definition) is 2. The number of nitrogens with one attached hydrogen (secondary N) is 1. The fourth-order valence-corrected chi connectivity index (χ4v) is 7.27. The van der Waals surface area contributed by atoms with Crippen LogP contribution in [0.15, 0.2) is 23.3 Å². The Morgan fingerprint density at radius 1 is 1.17 bits per heavy atom. The molecule has 0 heterocycles. The van der Waals surface area contributed by atoms with E-state index in [0.717, 1.165) is 31.3 Å². The van der Waals surface area contributed by atoms with Crippen molar-refractivity contribution >= 4 is 23.2 Å². The van der Waals surface area contributed by atoms with Crippen LogP contribution in [0.4, 0.5) is 0 Å². The molecular formula is C25H37NO2S. The van der Waals surface area contributed by atoms with Crippen molar-refractivity contribution in [2.24, 2.45) is 34.0 Å². The summed E-state index contributed by atoms with van der Waals surface area (Å²) in [4.78, 5) is 12.7. The highest BCUT2D eigenvalue weighted by Crippen LogP contribution is 2.64. The van der Waals surface area contributed by atoms with E-state index < -0.39 is 0 Å². The van der Waals surface area contributed by atoms with Crippen LogP contribution < -0.4 is 5.32 Å². The molecule has 0 spiro atoms. The lowest BCUT2D eigenvalue weighted by atomic mass is 9.48. The summed E-state index contributed by atoms with van der Waals surface area (Å²) in [5.74, 6) is 2.28. The van der Waals surface area contributed by atoms with Gasteiger partial charge >= 0.3 is 0 Å². The minimum atomic E-state index is -0.332. The lowest BCUT2D eigenvalue weighted by Crippen LogP contribution is -2.54. The smallest absolute Gasteiger partial charge is 0.225 e. The van der Waals surface area contributed by atoms with Gasteiger partial charge in [0.25, 0.3) is 0 Å². The molecule has 6 atom stereocenters. The fourth-order valence-electron chi connectivity index (χ4n) is 7.11. The molecule has 29 heavy (non-hydrogen) atoms. The van der Waals surface area contributed by atoms with Gasteiger partial charge in [0.15, 0.2) is 5.05 Å². The molecule has 2 saturated carbocycles. The van der Waals surface area contributed by atoms with Crippen LogP contribution in [-0.2, 0) is 4.79 Å². The van der Waals surface area contributed by atoms with E-state index in [4.69, 9.17) is 12.2 Å². The first-order valence-corrected chi connectivity index (χ1v) is 11.8. The highest BCUT2D eigenvalue weighted by molar-refractivity contribution is 7.80. The summed E-state index contributed by atoms with van der Waals surface area (Å²) in [5.41, 5.74) is 2.42. The number of carbonyl (C=O) groups is 1. The summed E-state index contributed by atoms with van der Waals surface area (Å²) in [6.07, 6.45) is 12.5. The average Bonchev–Trinajstić information content (AvgIpc) is 2.96. The number of amides is 1. The van der Waals surface area contributed by atoms with Crippen molar-refractivity contribution in [1.82, 2.24) is 5.32 Å². The Hall–Kier alpha value is -1.16. The third kappa shape index (κ3) is 3.30. The molecular weight excluding hydrogens is 378 g/mol. The van der Waals surface area contributed by atoms with Gasteiger partial charge in [0.2, 0.25) is 5.91 Å². The van der Waals surface area contributed by atoms with Crippen LogP contribution in [0.25, 0.3) is 0 Å². The van der Waals surface area contributed by atoms with Crippen LogP contribution in [0, 0.1) is 34.0 Å². The zero-order valence-electron chi connectivity index (χ0n) is 18.7. The third-order valence-electron chi connectivity index (χ3n) is 9.03. The monoisotopic (exact) mass is 415 g/mol. The van der Waals surface area contributed by atoms with Crippen molar-refractivity contribution in [1.29, 1.82) is 0 Å². The van der Waals surface area contributed by atoms with Gasteiger partial charge < -0.3 is 10.4 Å². The summed E-state index contributed by atoms with van der Waals surface area (Å²) < 4.78 is 0. The number of allylic oxidation sites excluding steroid dienone is 3. The van der Waals surface area contributed by atoms with Crippen LogP contribution in [0.2, 0.25) is 0 Å². The second kappa shape index (κ2) is 6.93. The summed E-state index contributed by atoms with van der Waals surface area (Å²) >= 11 is 5.04. The highest BCUT2D eigenvalue weighted by Gasteiger charge is 2.58. The second-order valence-electron chi connectivity index (χ2n) is 11.6. The van der Waals surface area contributed by atoms with Gasteiger partial charge in [-0.3, -0.25) is 4.79 Å². The van der Waals surface area contributed by atoms with Crippen LogP contribution in [0.5, 0.6) is 0 Å². The minimum Gasteiger partial charge on any atom is -0.499 e. The molecule has 4 rings (SSSR count). The van der Waals surface area contributed by atoms with Gasteiger partial charge in [-0.2, -0.15) is 0 Å². The average molecular weight is 416 g/mol. The Balaban J connectivity index is 1.58. The molecule has 0 aromatic heterocycles. The molecule has 4 aliphatic rings. The first-order valence-electron chi connectivity index (χ1n) is 11.4. The zero-order valence-corrected chi connectivity index (χ0v) is 19.5. The standard InChI is InChI=1S/C25H37NO2S/c1-23(2,3)22(28)26-20-9-8-18-17-7-6-16-14-15(21(27)29)10-12-24(16,4)19(17)11-13-25(18,20)5/h6,14,17-20H,7-13H2,1-5H3,(H,26,28)(H,27,29)/t17-,18-,19+,20?,24-,25-/m0/s1. The summed E-state index contributed by atoms with van der Waals surface area (Å²) in [6, 6.07) is 0.308. The maximum absolute atomic E-state index is 12.7. The Kier molecular flexibility index (Phi) is 5.04. The Labute approximate surface area is 181 Å². The van der Waals surface area contributed by atoms with E-state index in [9.17, 15) is 9.90 Å². The lowest BCUT2D eigenvalue weighted by Gasteiger charge is -2.57. The number of rotatable bonds is 2. The molecule has 0 bridgehead atoms. The Bertz CT molecular complexity index is 791. The largest absolute Gasteiger partial charge is 0.499 e. The molecule has 160 valence electrons. The van der Waals surface area contributed by atoms with E-state index in [1.807, 2.05) is 20.8 Å². The molecule has 2 N–H and O–H groups in total. The number of thiocarbonyl (C=S) groups is 1. The van der Waals surface area contributed by atoms with Crippen LogP contribution in [0.3, 0.4) is 0 Å². The SMILES string of the molecule is CC(C)(C)C(=O)NC1CC[C@H]2[C@@H]3CC=C4C=C(C(O)=S)CC[C@]4(C)[C@@H]3CC[C@]12C. The molecule has 4 heteroatoms. The van der Waals surface area contributed by atoms with Crippen molar-refractivity contribution in [3.05, 3.63) is 23.3 Å². The molecule has 0 saturated heterocycles. The normalized spacial score (nSPS) is 41.4. The van der Waals surface area contributed by atoms with E-state index in [0.29, 0.717) is 23.8 Å². The van der Waals surface area contributed by atoms with Gasteiger partial charge in [-0.25, -0.2) is 0 Å². The molecule has 2 fully saturated rings. The highest BCUT2D eigenvalue weighted by atomic mass is 32.1. The number of carbonyl (C=O) groups excluding carboxylic acids is 1. The lowest BCUT2D eigenvalue weighted by molar-refractivity contribution is -0.130. The maximum Gasteiger partial charge on any atom is 0.225 e. The molecule has 3 nitrogen and oxygen atoms in total. The van der Waals surface area contributed by atoms with Gasteiger partial charge in [-0.1, -0.05) is 46.8 Å². The molecule has 0 aliphatic heterocycles. The quantitative estimate of drug-likeness (QED) is 0.552. The van der Waals surface area contributed by atoms with Gasteiger partial charge in [0, 0.05) is 17.0 Å². The van der Waals surface area contributed by atoms with Crippen LogP contribution >= 0.6 is 12.2 Å². The van der Waals surface area contributed by atoms with E-state index in [-0.39, 0.29) is 27.2 Å². The Morgan fingerprint density at radius 2 is 1.90 bits per heavy atom. The van der Waals surface area contributed by atoms with E-state index in [1.54, 1.807) is 0 Å². The van der Waals surface area contributed by atoms with Crippen molar-refractivity contribution in [3.8, 4) is 0 Å². The minimum absolute atomic E-state index is 0.0690. The first-order chi connectivity index (χ1) is 13.5. The number of aliphatic hydroxyl groups is 1. The molecule has 0 aromatic carbocycles. The molecule has 1 unspecified atom stereocenters. The van der Waals surface area contributed by atoms with E-state index in [1.165, 1.54) is 24.8 Å². The molecule has 0 radical (unpaired) electrons. The fraction of sp³-hybridized carbons (Fsp3) is 0.760. The van der Waals surface area contributed by atoms with Crippen molar-refractivity contribution in [2.45, 2.75) is 85.6 Å².